The van der Waals surface area contributed by atoms with E-state index in [4.69, 9.17) is 22.1 Å². The largest absolute Gasteiger partial charge is 0.487 e. The summed E-state index contributed by atoms with van der Waals surface area (Å²) in [4.78, 5) is 24.1. The van der Waals surface area contributed by atoms with Gasteiger partial charge in [0, 0.05) is 34.6 Å². The van der Waals surface area contributed by atoms with Gasteiger partial charge in [-0.1, -0.05) is 17.7 Å². The number of aromatic nitrogens is 1. The zero-order valence-electron chi connectivity index (χ0n) is 14.7. The van der Waals surface area contributed by atoms with Gasteiger partial charge in [0.25, 0.3) is 5.56 Å². The molecule has 0 saturated carbocycles. The Kier molecular flexibility index (Phi) is 5.46. The number of hydrogen-bond donors (Lipinski definition) is 1. The van der Waals surface area contributed by atoms with Crippen molar-refractivity contribution >= 4 is 17.5 Å². The van der Waals surface area contributed by atoms with Gasteiger partial charge in [-0.3, -0.25) is 14.2 Å². The highest BCUT2D eigenvalue weighted by molar-refractivity contribution is 6.31. The van der Waals surface area contributed by atoms with E-state index in [1.165, 1.54) is 28.8 Å². The summed E-state index contributed by atoms with van der Waals surface area (Å²) in [5.41, 5.74) is 5.96. The van der Waals surface area contributed by atoms with Gasteiger partial charge in [0.2, 0.25) is 5.91 Å². The molecule has 1 heterocycles. The van der Waals surface area contributed by atoms with E-state index in [0.717, 1.165) is 12.1 Å². The minimum Gasteiger partial charge on any atom is -0.487 e. The van der Waals surface area contributed by atoms with E-state index in [2.05, 4.69) is 0 Å². The van der Waals surface area contributed by atoms with Crippen molar-refractivity contribution in [2.24, 2.45) is 5.73 Å². The Hall–Kier alpha value is -3.19. The van der Waals surface area contributed by atoms with E-state index in [-0.39, 0.29) is 28.5 Å². The number of hydrogen-bond acceptors (Lipinski definition) is 3. The molecule has 0 saturated heterocycles. The number of primary amides is 1. The molecule has 2 N–H and O–H groups in total. The molecule has 0 bridgehead atoms. The van der Waals surface area contributed by atoms with Crippen molar-refractivity contribution in [1.82, 2.24) is 4.57 Å². The molecule has 5 nitrogen and oxygen atoms in total. The van der Waals surface area contributed by atoms with E-state index >= 15 is 0 Å². The zero-order chi connectivity index (χ0) is 20.4. The first-order chi connectivity index (χ1) is 13.3. The molecule has 2 aromatic carbocycles. The van der Waals surface area contributed by atoms with E-state index < -0.39 is 23.1 Å². The monoisotopic (exact) mass is 404 g/mol. The third kappa shape index (κ3) is 3.89. The summed E-state index contributed by atoms with van der Waals surface area (Å²) in [6, 6.07) is 10.9. The van der Waals surface area contributed by atoms with Crippen LogP contribution in [0.25, 0.3) is 5.69 Å². The second kappa shape index (κ2) is 7.82. The second-order valence-corrected chi connectivity index (χ2v) is 6.42. The SMILES string of the molecule is Cc1cc(OCc2ccc(F)cc2F)c(Cl)c(=O)n1-c1cccc(C(N)=O)c1. The molecule has 144 valence electrons. The van der Waals surface area contributed by atoms with Crippen molar-refractivity contribution in [3.63, 3.8) is 0 Å². The summed E-state index contributed by atoms with van der Waals surface area (Å²) >= 11 is 6.15. The van der Waals surface area contributed by atoms with Gasteiger partial charge < -0.3 is 10.5 Å². The van der Waals surface area contributed by atoms with E-state index in [1.807, 2.05) is 0 Å². The van der Waals surface area contributed by atoms with Crippen LogP contribution in [0.1, 0.15) is 21.6 Å². The predicted octanol–water partition coefficient (Wildman–Crippen LogP) is 3.76. The second-order valence-electron chi connectivity index (χ2n) is 6.04. The van der Waals surface area contributed by atoms with Crippen LogP contribution in [-0.2, 0) is 6.61 Å². The number of rotatable bonds is 5. The Morgan fingerprint density at radius 3 is 2.61 bits per heavy atom. The molecule has 8 heteroatoms. The molecule has 1 aromatic heterocycles. The topological polar surface area (TPSA) is 74.3 Å². The average Bonchev–Trinajstić information content (AvgIpc) is 2.65. The summed E-state index contributed by atoms with van der Waals surface area (Å²) in [6.07, 6.45) is 0. The maximum absolute atomic E-state index is 13.7. The summed E-state index contributed by atoms with van der Waals surface area (Å²) in [6.45, 7) is 1.42. The van der Waals surface area contributed by atoms with Crippen LogP contribution in [0, 0.1) is 18.6 Å². The zero-order valence-corrected chi connectivity index (χ0v) is 15.5. The molecule has 0 radical (unpaired) electrons. The molecule has 0 aliphatic heterocycles. The Bertz CT molecular complexity index is 1130. The first-order valence-electron chi connectivity index (χ1n) is 8.17. The van der Waals surface area contributed by atoms with Crippen molar-refractivity contribution in [3.05, 3.63) is 92.4 Å². The highest BCUT2D eigenvalue weighted by Gasteiger charge is 2.15. The molecular formula is C20H15ClF2N2O3. The number of carbonyl (C=O) groups excluding carboxylic acids is 1. The van der Waals surface area contributed by atoms with E-state index in [9.17, 15) is 18.4 Å². The van der Waals surface area contributed by atoms with Crippen LogP contribution in [0.5, 0.6) is 5.75 Å². The Balaban J connectivity index is 1.95. The van der Waals surface area contributed by atoms with Crippen molar-refractivity contribution < 1.29 is 18.3 Å². The first kappa shape index (κ1) is 19.6. The molecule has 0 atom stereocenters. The molecule has 0 aliphatic carbocycles. The standard InChI is InChI=1S/C20H15ClF2N2O3/c1-11-7-17(28-10-13-5-6-14(22)9-16(13)23)18(21)20(27)25(11)15-4-2-3-12(8-15)19(24)26/h2-9H,10H2,1H3,(H2,24,26). The predicted molar refractivity (Wildman–Crippen MR) is 101 cm³/mol. The lowest BCUT2D eigenvalue weighted by atomic mass is 10.2. The summed E-state index contributed by atoms with van der Waals surface area (Å²) < 4.78 is 33.5. The molecule has 28 heavy (non-hydrogen) atoms. The molecule has 3 aromatic rings. The van der Waals surface area contributed by atoms with Gasteiger partial charge in [0.05, 0.1) is 0 Å². The van der Waals surface area contributed by atoms with Crippen LogP contribution < -0.4 is 16.0 Å². The molecule has 0 fully saturated rings. The smallest absolute Gasteiger partial charge is 0.277 e. The van der Waals surface area contributed by atoms with Gasteiger partial charge in [-0.2, -0.15) is 0 Å². The van der Waals surface area contributed by atoms with E-state index in [0.29, 0.717) is 11.4 Å². The number of halogens is 3. The fraction of sp³-hybridized carbons (Fsp3) is 0.100. The maximum Gasteiger partial charge on any atom is 0.277 e. The van der Waals surface area contributed by atoms with Gasteiger partial charge in [-0.25, -0.2) is 8.78 Å². The number of ether oxygens (including phenoxy) is 1. The molecular weight excluding hydrogens is 390 g/mol. The molecule has 3 rings (SSSR count). The van der Waals surface area contributed by atoms with Crippen LogP contribution in [0.3, 0.4) is 0 Å². The summed E-state index contributed by atoms with van der Waals surface area (Å²) in [5, 5.41) is -0.211. The molecule has 1 amide bonds. The number of nitrogens with two attached hydrogens (primary N) is 1. The first-order valence-corrected chi connectivity index (χ1v) is 8.55. The lowest BCUT2D eigenvalue weighted by Crippen LogP contribution is -2.22. The normalized spacial score (nSPS) is 10.7. The lowest BCUT2D eigenvalue weighted by molar-refractivity contribution is 0.1000. The number of pyridine rings is 1. The summed E-state index contributed by atoms with van der Waals surface area (Å²) in [7, 11) is 0. The van der Waals surface area contributed by atoms with Gasteiger partial charge >= 0.3 is 0 Å². The van der Waals surface area contributed by atoms with E-state index in [1.54, 1.807) is 19.1 Å². The van der Waals surface area contributed by atoms with Crippen molar-refractivity contribution in [2.75, 3.05) is 0 Å². The van der Waals surface area contributed by atoms with Crippen molar-refractivity contribution in [1.29, 1.82) is 0 Å². The Labute approximate surface area is 163 Å². The number of amides is 1. The third-order valence-electron chi connectivity index (χ3n) is 4.09. The van der Waals surface area contributed by atoms with Gasteiger partial charge in [-0.05, 0) is 37.3 Å². The minimum atomic E-state index is -0.760. The third-order valence-corrected chi connectivity index (χ3v) is 4.43. The molecule has 0 unspecified atom stereocenters. The average molecular weight is 405 g/mol. The highest BCUT2D eigenvalue weighted by atomic mass is 35.5. The van der Waals surface area contributed by atoms with Crippen LogP contribution in [0.4, 0.5) is 8.78 Å². The van der Waals surface area contributed by atoms with Gasteiger partial charge in [-0.15, -0.1) is 0 Å². The quantitative estimate of drug-likeness (QED) is 0.703. The molecule has 0 spiro atoms. The van der Waals surface area contributed by atoms with Crippen LogP contribution >= 0.6 is 11.6 Å². The van der Waals surface area contributed by atoms with Crippen molar-refractivity contribution in [2.45, 2.75) is 13.5 Å². The fourth-order valence-electron chi connectivity index (χ4n) is 2.70. The maximum atomic E-state index is 13.7. The van der Waals surface area contributed by atoms with Gasteiger partial charge in [0.1, 0.15) is 29.0 Å². The lowest BCUT2D eigenvalue weighted by Gasteiger charge is -2.15. The van der Waals surface area contributed by atoms with Crippen LogP contribution in [0.2, 0.25) is 5.02 Å². The molecule has 0 aliphatic rings. The fourth-order valence-corrected chi connectivity index (χ4v) is 2.89. The minimum absolute atomic E-state index is 0.0650. The van der Waals surface area contributed by atoms with Crippen molar-refractivity contribution in [3.8, 4) is 11.4 Å². The van der Waals surface area contributed by atoms with Crippen LogP contribution in [0.15, 0.2) is 53.3 Å². The number of aryl methyl sites for hydroxylation is 1. The van der Waals surface area contributed by atoms with Gasteiger partial charge in [0.15, 0.2) is 0 Å². The number of nitrogens with zero attached hydrogens (tertiary/aromatic N) is 1. The number of benzene rings is 2. The Morgan fingerprint density at radius 2 is 1.93 bits per heavy atom. The number of carbonyl (C=O) groups is 1. The summed E-state index contributed by atoms with van der Waals surface area (Å²) in [5.74, 6) is -2.02. The van der Waals surface area contributed by atoms with Crippen LogP contribution in [-0.4, -0.2) is 10.5 Å². The highest BCUT2D eigenvalue weighted by Crippen LogP contribution is 2.25. The Morgan fingerprint density at radius 1 is 1.18 bits per heavy atom.